The van der Waals surface area contributed by atoms with Crippen molar-refractivity contribution in [2.24, 2.45) is 0 Å². The highest BCUT2D eigenvalue weighted by molar-refractivity contribution is 5.49. The van der Waals surface area contributed by atoms with Crippen LogP contribution >= 0.6 is 0 Å². The largest absolute Gasteiger partial charge is 0.490 e. The number of anilines is 1. The number of rotatable bonds is 0. The van der Waals surface area contributed by atoms with Gasteiger partial charge >= 0.3 is 0 Å². The predicted octanol–water partition coefficient (Wildman–Crippen LogP) is 3.01. The molecule has 0 fully saturated rings. The lowest BCUT2D eigenvalue weighted by molar-refractivity contribution is 0.192. The number of nitrogens with two attached hydrogens (primary N) is 1. The Morgan fingerprint density at radius 1 is 1.36 bits per heavy atom. The van der Waals surface area contributed by atoms with E-state index in [-0.39, 0.29) is 0 Å². The van der Waals surface area contributed by atoms with Crippen molar-refractivity contribution in [2.45, 2.75) is 39.7 Å². The molecule has 1 aromatic rings. The first-order chi connectivity index (χ1) is 6.75. The zero-order valence-electron chi connectivity index (χ0n) is 9.21. The van der Waals surface area contributed by atoms with Crippen LogP contribution in [0, 0.1) is 0 Å². The summed E-state index contributed by atoms with van der Waals surface area (Å²) in [5.41, 5.74) is 7.71. The minimum absolute atomic E-state index is 0.333. The number of fused-ring (bicyclic) bond motifs is 1. The number of hydrogen-bond acceptors (Lipinski definition) is 2. The second-order valence-corrected chi connectivity index (χ2v) is 3.33. The van der Waals surface area contributed by atoms with E-state index in [2.05, 4.69) is 13.0 Å². The first-order valence-electron chi connectivity index (χ1n) is 5.31. The Hall–Kier alpha value is -1.18. The van der Waals surface area contributed by atoms with Gasteiger partial charge in [0.1, 0.15) is 5.75 Å². The topological polar surface area (TPSA) is 35.2 Å². The van der Waals surface area contributed by atoms with Crippen molar-refractivity contribution < 1.29 is 4.74 Å². The summed E-state index contributed by atoms with van der Waals surface area (Å²) in [6.45, 7) is 6.09. The third kappa shape index (κ3) is 2.41. The molecule has 1 aromatic carbocycles. The van der Waals surface area contributed by atoms with Gasteiger partial charge < -0.3 is 10.5 Å². The third-order valence-corrected chi connectivity index (χ3v) is 2.24. The summed E-state index contributed by atoms with van der Waals surface area (Å²) in [7, 11) is 0. The van der Waals surface area contributed by atoms with Gasteiger partial charge in [-0.2, -0.15) is 0 Å². The first-order valence-corrected chi connectivity index (χ1v) is 5.31. The number of aryl methyl sites for hydroxylation is 1. The van der Waals surface area contributed by atoms with Gasteiger partial charge in [0.25, 0.3) is 0 Å². The van der Waals surface area contributed by atoms with Gasteiger partial charge in [-0.15, -0.1) is 0 Å². The van der Waals surface area contributed by atoms with E-state index in [9.17, 15) is 0 Å². The molecule has 0 aliphatic carbocycles. The molecule has 0 spiro atoms. The summed E-state index contributed by atoms with van der Waals surface area (Å²) in [5, 5.41) is 0. The number of benzene rings is 1. The number of hydrogen-bond donors (Lipinski definition) is 1. The summed E-state index contributed by atoms with van der Waals surface area (Å²) in [6, 6.07) is 5.89. The minimum Gasteiger partial charge on any atom is -0.490 e. The molecule has 0 saturated carbocycles. The summed E-state index contributed by atoms with van der Waals surface area (Å²) in [4.78, 5) is 0. The fraction of sp³-hybridized carbons (Fsp3) is 0.500. The van der Waals surface area contributed by atoms with Gasteiger partial charge in [-0.25, -0.2) is 0 Å². The number of nitrogen functional groups attached to an aromatic ring is 1. The fourth-order valence-electron chi connectivity index (χ4n) is 1.52. The molecule has 14 heavy (non-hydrogen) atoms. The van der Waals surface area contributed by atoms with Crippen LogP contribution in [-0.4, -0.2) is 6.10 Å². The lowest BCUT2D eigenvalue weighted by Gasteiger charge is -2.23. The van der Waals surface area contributed by atoms with Gasteiger partial charge in [0.15, 0.2) is 0 Å². The smallest absolute Gasteiger partial charge is 0.124 e. The zero-order valence-corrected chi connectivity index (χ0v) is 9.21. The fourth-order valence-corrected chi connectivity index (χ4v) is 1.52. The van der Waals surface area contributed by atoms with E-state index in [1.807, 2.05) is 26.0 Å². The molecular formula is C12H19NO. The monoisotopic (exact) mass is 193 g/mol. The van der Waals surface area contributed by atoms with Crippen LogP contribution in [0.4, 0.5) is 5.69 Å². The Balaban J connectivity index is 0.000000461. The quantitative estimate of drug-likeness (QED) is 0.643. The number of ether oxygens (including phenoxy) is 1. The molecule has 1 unspecified atom stereocenters. The van der Waals surface area contributed by atoms with E-state index in [4.69, 9.17) is 10.5 Å². The highest BCUT2D eigenvalue weighted by atomic mass is 16.5. The van der Waals surface area contributed by atoms with Crippen LogP contribution in [0.2, 0.25) is 0 Å². The Bertz CT molecular complexity index is 296. The third-order valence-electron chi connectivity index (χ3n) is 2.24. The van der Waals surface area contributed by atoms with Gasteiger partial charge in [-0.1, -0.05) is 19.9 Å². The maximum absolute atomic E-state index is 5.65. The van der Waals surface area contributed by atoms with Crippen LogP contribution in [0.5, 0.6) is 5.75 Å². The molecule has 1 heterocycles. The average Bonchev–Trinajstić information content (AvgIpc) is 2.20. The van der Waals surface area contributed by atoms with Gasteiger partial charge in [-0.05, 0) is 31.4 Å². The van der Waals surface area contributed by atoms with Crippen molar-refractivity contribution in [3.63, 3.8) is 0 Å². The lowest BCUT2D eigenvalue weighted by Crippen LogP contribution is -2.18. The van der Waals surface area contributed by atoms with Crippen molar-refractivity contribution in [1.82, 2.24) is 0 Å². The van der Waals surface area contributed by atoms with Gasteiger partial charge in [-0.3, -0.25) is 0 Å². The maximum Gasteiger partial charge on any atom is 0.124 e. The van der Waals surface area contributed by atoms with Crippen LogP contribution in [0.25, 0.3) is 0 Å². The van der Waals surface area contributed by atoms with E-state index in [1.54, 1.807) is 0 Å². The molecule has 0 aromatic heterocycles. The maximum atomic E-state index is 5.65. The molecule has 1 aliphatic heterocycles. The molecule has 2 nitrogen and oxygen atoms in total. The van der Waals surface area contributed by atoms with Gasteiger partial charge in [0, 0.05) is 11.8 Å². The van der Waals surface area contributed by atoms with Gasteiger partial charge in [0.2, 0.25) is 0 Å². The lowest BCUT2D eigenvalue weighted by atomic mass is 10.0. The second kappa shape index (κ2) is 4.89. The molecular weight excluding hydrogens is 174 g/mol. The first kappa shape index (κ1) is 10.9. The zero-order chi connectivity index (χ0) is 10.6. The van der Waals surface area contributed by atoms with Crippen molar-refractivity contribution >= 4 is 5.69 Å². The summed E-state index contributed by atoms with van der Waals surface area (Å²) < 4.78 is 5.63. The van der Waals surface area contributed by atoms with Crippen LogP contribution in [0.15, 0.2) is 18.2 Å². The van der Waals surface area contributed by atoms with Crippen molar-refractivity contribution in [3.05, 3.63) is 23.8 Å². The van der Waals surface area contributed by atoms with E-state index < -0.39 is 0 Å². The molecule has 0 radical (unpaired) electrons. The predicted molar refractivity (Wildman–Crippen MR) is 60.6 cm³/mol. The molecule has 1 atom stereocenters. The second-order valence-electron chi connectivity index (χ2n) is 3.33. The molecule has 0 saturated heterocycles. The molecule has 0 bridgehead atoms. The van der Waals surface area contributed by atoms with Crippen LogP contribution in [-0.2, 0) is 6.42 Å². The Morgan fingerprint density at radius 2 is 2.07 bits per heavy atom. The standard InChI is InChI=1S/C10H13NO.C2H6/c1-7-2-3-8-4-5-9(11)6-10(8)12-7;1-2/h4-7H,2-3,11H2,1H3;1-2H3. The normalized spacial score (nSPS) is 18.6. The average molecular weight is 193 g/mol. The van der Waals surface area contributed by atoms with Crippen LogP contribution in [0.3, 0.4) is 0 Å². The highest BCUT2D eigenvalue weighted by Gasteiger charge is 2.15. The molecule has 0 amide bonds. The van der Waals surface area contributed by atoms with Crippen molar-refractivity contribution in [3.8, 4) is 5.75 Å². The highest BCUT2D eigenvalue weighted by Crippen LogP contribution is 2.28. The van der Waals surface area contributed by atoms with Crippen molar-refractivity contribution in [2.75, 3.05) is 5.73 Å². The summed E-state index contributed by atoms with van der Waals surface area (Å²) in [6.07, 6.45) is 2.55. The molecule has 78 valence electrons. The molecule has 2 heteroatoms. The van der Waals surface area contributed by atoms with Crippen LogP contribution < -0.4 is 10.5 Å². The van der Waals surface area contributed by atoms with E-state index in [1.165, 1.54) is 5.56 Å². The summed E-state index contributed by atoms with van der Waals surface area (Å²) >= 11 is 0. The SMILES string of the molecule is CC.CC1CCc2ccc(N)cc2O1. The van der Waals surface area contributed by atoms with Crippen molar-refractivity contribution in [1.29, 1.82) is 0 Å². The Morgan fingerprint density at radius 3 is 2.79 bits per heavy atom. The molecule has 1 aliphatic rings. The minimum atomic E-state index is 0.333. The Kier molecular flexibility index (Phi) is 3.81. The Labute approximate surface area is 86.1 Å². The van der Waals surface area contributed by atoms with E-state index in [0.717, 1.165) is 24.3 Å². The van der Waals surface area contributed by atoms with E-state index in [0.29, 0.717) is 6.10 Å². The molecule has 2 N–H and O–H groups in total. The van der Waals surface area contributed by atoms with Crippen LogP contribution in [0.1, 0.15) is 32.8 Å². The summed E-state index contributed by atoms with van der Waals surface area (Å²) in [5.74, 6) is 0.966. The van der Waals surface area contributed by atoms with Gasteiger partial charge in [0.05, 0.1) is 6.10 Å². The van der Waals surface area contributed by atoms with E-state index >= 15 is 0 Å². The molecule has 2 rings (SSSR count).